The maximum atomic E-state index is 12.3. The molecule has 13 heavy (non-hydrogen) atoms. The summed E-state index contributed by atoms with van der Waals surface area (Å²) in [5.41, 5.74) is -1.70. The molecule has 0 aromatic heterocycles. The first kappa shape index (κ1) is 10.2. The first-order chi connectivity index (χ1) is 5.79. The third kappa shape index (κ3) is 1.73. The van der Waals surface area contributed by atoms with Crippen molar-refractivity contribution in [3.8, 4) is 0 Å². The minimum atomic E-state index is -4.65. The van der Waals surface area contributed by atoms with Crippen molar-refractivity contribution in [2.75, 3.05) is 7.05 Å². The molecule has 0 aliphatic carbocycles. The fourth-order valence-electron chi connectivity index (χ4n) is 1.01. The first-order valence-corrected chi connectivity index (χ1v) is 3.52. The van der Waals surface area contributed by atoms with Gasteiger partial charge in [0, 0.05) is 0 Å². The Kier molecular flexibility index (Phi) is 2.21. The van der Waals surface area contributed by atoms with E-state index >= 15 is 0 Å². The van der Waals surface area contributed by atoms with Crippen molar-refractivity contribution in [3.63, 3.8) is 0 Å². The highest BCUT2D eigenvalue weighted by molar-refractivity contribution is 6.11. The second-order valence-corrected chi connectivity index (χ2v) is 3.18. The number of carbonyl (C=O) groups excluding carboxylic acids is 1. The molecule has 1 aliphatic heterocycles. The topological polar surface area (TPSA) is 29.4 Å². The van der Waals surface area contributed by atoms with Crippen molar-refractivity contribution in [2.24, 2.45) is 5.10 Å². The van der Waals surface area contributed by atoms with Gasteiger partial charge in [-0.1, -0.05) is 9.21 Å². The zero-order valence-electron chi connectivity index (χ0n) is 6.47. The van der Waals surface area contributed by atoms with Crippen LogP contribution in [-0.4, -0.2) is 29.8 Å². The predicted molar refractivity (Wildman–Crippen MR) is 39.7 cm³/mol. The highest BCUT2D eigenvalue weighted by Gasteiger charge is 2.53. The van der Waals surface area contributed by atoms with Crippen molar-refractivity contribution in [1.29, 1.82) is 0 Å². The molecule has 1 atom stereocenters. The number of hydrogen-bond acceptors (Lipinski definition) is 2. The molecule has 0 saturated heterocycles. The average Bonchev–Trinajstić information content (AvgIpc) is 2.23. The number of alkyl halides is 3. The minimum absolute atomic E-state index is 0.0816. The molecule has 1 unspecified atom stereocenters. The van der Waals surface area contributed by atoms with Gasteiger partial charge in [-0.2, -0.15) is 13.2 Å². The summed E-state index contributed by atoms with van der Waals surface area (Å²) in [6.07, 6.45) is -3.76. The molecule has 1 rings (SSSR count). The predicted octanol–water partition coefficient (Wildman–Crippen LogP) is 1.60. The van der Waals surface area contributed by atoms with Crippen LogP contribution >= 0.6 is 11.8 Å². The highest BCUT2D eigenvalue weighted by atomic mass is 35.5. The number of nitrogens with zero attached hydrogens (tertiary/aromatic N) is 2. The summed E-state index contributed by atoms with van der Waals surface area (Å²) in [7, 11) is 1.03. The van der Waals surface area contributed by atoms with E-state index in [-0.39, 0.29) is 6.29 Å². The van der Waals surface area contributed by atoms with Gasteiger partial charge in [0.1, 0.15) is 18.8 Å². The van der Waals surface area contributed by atoms with Crippen LogP contribution in [0.1, 0.15) is 0 Å². The van der Waals surface area contributed by atoms with Crippen molar-refractivity contribution < 1.29 is 22.1 Å². The van der Waals surface area contributed by atoms with Gasteiger partial charge in [0.15, 0.2) is 6.29 Å². The number of hydrogen-bond donors (Lipinski definition) is 0. The van der Waals surface area contributed by atoms with Crippen LogP contribution in [0.3, 0.4) is 0 Å². The first-order valence-electron chi connectivity index (χ1n) is 3.18. The van der Waals surface area contributed by atoms with Crippen molar-refractivity contribution in [2.45, 2.75) is 6.18 Å². The number of allylic oxidation sites excluding steroid dienone is 2. The maximum Gasteiger partial charge on any atom is 0.472 e. The summed E-state index contributed by atoms with van der Waals surface area (Å²) < 4.78 is 35.7. The SMILES string of the molecule is C[N+]1(Cl)N=CC(C=O)=C1C(F)(F)F. The molecule has 0 fully saturated rings. The number of halogens is 4. The third-order valence-corrected chi connectivity index (χ3v) is 1.75. The monoisotopic (exact) mass is 213 g/mol. The van der Waals surface area contributed by atoms with Crippen LogP contribution in [0, 0.1) is 0 Å². The largest absolute Gasteiger partial charge is 0.472 e. The second kappa shape index (κ2) is 2.81. The normalized spacial score (nSPS) is 28.4. The summed E-state index contributed by atoms with van der Waals surface area (Å²) in [6.45, 7) is 0. The molecule has 7 heteroatoms. The molecule has 0 radical (unpaired) electrons. The van der Waals surface area contributed by atoms with E-state index < -0.39 is 21.6 Å². The lowest BCUT2D eigenvalue weighted by atomic mass is 10.2. The van der Waals surface area contributed by atoms with Gasteiger partial charge in [-0.05, 0) is 0 Å². The second-order valence-electron chi connectivity index (χ2n) is 2.52. The quantitative estimate of drug-likeness (QED) is 0.481. The van der Waals surface area contributed by atoms with Crippen LogP contribution in [0.5, 0.6) is 0 Å². The third-order valence-electron chi connectivity index (χ3n) is 1.49. The average molecular weight is 214 g/mol. The van der Waals surface area contributed by atoms with Crippen molar-refractivity contribution >= 4 is 24.3 Å². The molecule has 0 amide bonds. The van der Waals surface area contributed by atoms with Gasteiger partial charge >= 0.3 is 6.18 Å². The van der Waals surface area contributed by atoms with Crippen LogP contribution < -0.4 is 0 Å². The number of carbonyl (C=O) groups is 1. The number of quaternary nitrogens is 1. The van der Waals surface area contributed by atoms with Gasteiger partial charge in [0.05, 0.1) is 0 Å². The summed E-state index contributed by atoms with van der Waals surface area (Å²) in [5, 5.41) is 3.32. The van der Waals surface area contributed by atoms with Gasteiger partial charge < -0.3 is 0 Å². The van der Waals surface area contributed by atoms with Crippen LogP contribution in [0.25, 0.3) is 0 Å². The summed E-state index contributed by atoms with van der Waals surface area (Å²) >= 11 is 5.39. The van der Waals surface area contributed by atoms with E-state index in [4.69, 9.17) is 11.8 Å². The fourth-order valence-corrected chi connectivity index (χ4v) is 1.24. The molecule has 1 aliphatic rings. The van der Waals surface area contributed by atoms with Crippen LogP contribution in [0.4, 0.5) is 13.2 Å². The van der Waals surface area contributed by atoms with Crippen LogP contribution in [-0.2, 0) is 4.79 Å². The number of aldehydes is 1. The summed E-state index contributed by atoms with van der Waals surface area (Å²) in [5.74, 6) is 0. The van der Waals surface area contributed by atoms with E-state index in [1.165, 1.54) is 0 Å². The Morgan fingerprint density at radius 2 is 2.15 bits per heavy atom. The van der Waals surface area contributed by atoms with E-state index in [2.05, 4.69) is 5.10 Å². The lowest BCUT2D eigenvalue weighted by molar-refractivity contribution is -0.768. The van der Waals surface area contributed by atoms with Gasteiger partial charge in [-0.15, -0.1) is 0 Å². The molecule has 0 N–H and O–H groups in total. The van der Waals surface area contributed by atoms with Crippen LogP contribution in [0.2, 0.25) is 0 Å². The van der Waals surface area contributed by atoms with E-state index in [0.29, 0.717) is 0 Å². The zero-order chi connectivity index (χ0) is 10.3. The van der Waals surface area contributed by atoms with Crippen LogP contribution in [0.15, 0.2) is 16.4 Å². The molecular weight excluding hydrogens is 209 g/mol. The van der Waals surface area contributed by atoms with Crippen molar-refractivity contribution in [1.82, 2.24) is 0 Å². The standard InChI is InChI=1S/C6H5ClF3N2O/c1-12(7)5(6(8,9)10)4(3-13)2-11-12/h2-3H,1H3/q+1. The van der Waals surface area contributed by atoms with Gasteiger partial charge in [-0.25, -0.2) is 0 Å². The van der Waals surface area contributed by atoms with Gasteiger partial charge in [-0.3, -0.25) is 4.79 Å². The molecule has 0 aromatic rings. The molecule has 0 saturated carbocycles. The number of rotatable bonds is 1. The van der Waals surface area contributed by atoms with E-state index in [9.17, 15) is 18.0 Å². The Bertz CT molecular complexity index is 305. The molecule has 3 nitrogen and oxygen atoms in total. The Hall–Kier alpha value is -0.880. The lowest BCUT2D eigenvalue weighted by Crippen LogP contribution is -2.33. The Morgan fingerprint density at radius 1 is 1.62 bits per heavy atom. The Morgan fingerprint density at radius 3 is 2.46 bits per heavy atom. The Labute approximate surface area is 76.8 Å². The minimum Gasteiger partial charge on any atom is -0.298 e. The van der Waals surface area contributed by atoms with E-state index in [1.54, 1.807) is 0 Å². The molecule has 0 bridgehead atoms. The smallest absolute Gasteiger partial charge is 0.298 e. The Balaban J connectivity index is 3.25. The molecule has 72 valence electrons. The molecule has 1 heterocycles. The molecule has 0 spiro atoms. The summed E-state index contributed by atoms with van der Waals surface area (Å²) in [4.78, 5) is 10.2. The summed E-state index contributed by atoms with van der Waals surface area (Å²) in [6, 6.07) is 0. The van der Waals surface area contributed by atoms with Crippen molar-refractivity contribution in [3.05, 3.63) is 11.3 Å². The fraction of sp³-hybridized carbons (Fsp3) is 0.333. The van der Waals surface area contributed by atoms with Gasteiger partial charge in [0.25, 0.3) is 5.70 Å². The van der Waals surface area contributed by atoms with Gasteiger partial charge in [0.2, 0.25) is 11.8 Å². The highest BCUT2D eigenvalue weighted by Crippen LogP contribution is 2.39. The lowest BCUT2D eigenvalue weighted by Gasteiger charge is -2.17. The molecular formula is C6H5ClF3N2O+. The van der Waals surface area contributed by atoms with E-state index in [1.807, 2.05) is 0 Å². The zero-order valence-corrected chi connectivity index (χ0v) is 7.23. The van der Waals surface area contributed by atoms with E-state index in [0.717, 1.165) is 13.3 Å². The maximum absolute atomic E-state index is 12.3. The molecule has 0 aromatic carbocycles.